The molecule has 0 fully saturated rings. The molecular weight excluding hydrogens is 302 g/mol. The van der Waals surface area contributed by atoms with Crippen LogP contribution in [0.3, 0.4) is 0 Å². The second-order valence-electron chi connectivity index (χ2n) is 4.24. The second-order valence-corrected chi connectivity index (χ2v) is 5.09. The lowest BCUT2D eigenvalue weighted by Gasteiger charge is -2.08. The molecule has 0 saturated heterocycles. The largest absolute Gasteiger partial charge is 0.489 e. The van der Waals surface area contributed by atoms with Gasteiger partial charge in [-0.1, -0.05) is 40.2 Å². The molecule has 0 aliphatic carbocycles. The van der Waals surface area contributed by atoms with Crippen LogP contribution in [0.25, 0.3) is 10.9 Å². The molecule has 0 amide bonds. The van der Waals surface area contributed by atoms with E-state index >= 15 is 0 Å². The van der Waals surface area contributed by atoms with Crippen molar-refractivity contribution in [2.45, 2.75) is 6.61 Å². The van der Waals surface area contributed by atoms with Crippen molar-refractivity contribution in [3.05, 3.63) is 70.8 Å². The maximum absolute atomic E-state index is 5.81. The maximum Gasteiger partial charge on any atom is 0.122 e. The average molecular weight is 314 g/mol. The number of hydrogen-bond donors (Lipinski definition) is 0. The van der Waals surface area contributed by atoms with E-state index < -0.39 is 0 Å². The third kappa shape index (κ3) is 2.76. The van der Waals surface area contributed by atoms with E-state index in [0.29, 0.717) is 6.61 Å². The van der Waals surface area contributed by atoms with Gasteiger partial charge in [0.1, 0.15) is 12.4 Å². The monoisotopic (exact) mass is 313 g/mol. The molecule has 3 aromatic rings. The topological polar surface area (TPSA) is 22.1 Å². The Morgan fingerprint density at radius 3 is 2.79 bits per heavy atom. The Kier molecular flexibility index (Phi) is 3.47. The number of ether oxygens (including phenoxy) is 1. The molecule has 1 heterocycles. The smallest absolute Gasteiger partial charge is 0.122 e. The summed E-state index contributed by atoms with van der Waals surface area (Å²) in [5.41, 5.74) is 2.08. The van der Waals surface area contributed by atoms with Crippen molar-refractivity contribution in [2.75, 3.05) is 0 Å². The van der Waals surface area contributed by atoms with Crippen LogP contribution in [0.4, 0.5) is 0 Å². The van der Waals surface area contributed by atoms with Crippen LogP contribution in [0.15, 0.2) is 65.3 Å². The zero-order valence-electron chi connectivity index (χ0n) is 10.2. The number of aromatic nitrogens is 1. The third-order valence-electron chi connectivity index (χ3n) is 2.93. The first-order valence-corrected chi connectivity index (χ1v) is 6.83. The highest BCUT2D eigenvalue weighted by atomic mass is 79.9. The Bertz CT molecular complexity index is 712. The summed E-state index contributed by atoms with van der Waals surface area (Å²) in [5, 5.41) is 1.12. The number of hydrogen-bond acceptors (Lipinski definition) is 2. The summed E-state index contributed by atoms with van der Waals surface area (Å²) in [5.74, 6) is 0.835. The summed E-state index contributed by atoms with van der Waals surface area (Å²) in [6.45, 7) is 0.541. The zero-order valence-corrected chi connectivity index (χ0v) is 11.8. The van der Waals surface area contributed by atoms with Crippen molar-refractivity contribution in [2.24, 2.45) is 0 Å². The summed E-state index contributed by atoms with van der Waals surface area (Å²) in [6.07, 6.45) is 1.79. The lowest BCUT2D eigenvalue weighted by Crippen LogP contribution is -1.96. The Morgan fingerprint density at radius 1 is 1.00 bits per heavy atom. The first-order chi connectivity index (χ1) is 9.33. The van der Waals surface area contributed by atoms with Gasteiger partial charge in [0, 0.05) is 27.7 Å². The molecule has 3 rings (SSSR count). The number of fused-ring (bicyclic) bond motifs is 1. The van der Waals surface area contributed by atoms with Crippen LogP contribution in [0.5, 0.6) is 5.75 Å². The van der Waals surface area contributed by atoms with E-state index in [-0.39, 0.29) is 0 Å². The molecule has 19 heavy (non-hydrogen) atoms. The van der Waals surface area contributed by atoms with Gasteiger partial charge in [0.2, 0.25) is 0 Å². The van der Waals surface area contributed by atoms with Crippen LogP contribution in [-0.4, -0.2) is 4.98 Å². The first-order valence-electron chi connectivity index (χ1n) is 6.04. The average Bonchev–Trinajstić information content (AvgIpc) is 2.46. The van der Waals surface area contributed by atoms with Gasteiger partial charge in [-0.25, -0.2) is 0 Å². The summed E-state index contributed by atoms with van der Waals surface area (Å²) < 4.78 is 6.87. The summed E-state index contributed by atoms with van der Waals surface area (Å²) >= 11 is 3.52. The Balaban J connectivity index is 1.80. The van der Waals surface area contributed by atoms with Gasteiger partial charge in [-0.05, 0) is 24.3 Å². The summed E-state index contributed by atoms with van der Waals surface area (Å²) in [4.78, 5) is 4.33. The molecule has 1 aromatic heterocycles. The highest BCUT2D eigenvalue weighted by Gasteiger charge is 2.01. The van der Waals surface area contributed by atoms with Gasteiger partial charge in [0.15, 0.2) is 0 Å². The SMILES string of the molecule is Brc1ccccc1COc1ccc2cccnc2c1. The van der Waals surface area contributed by atoms with E-state index in [0.717, 1.165) is 26.7 Å². The fourth-order valence-corrected chi connectivity index (χ4v) is 2.31. The molecule has 94 valence electrons. The van der Waals surface area contributed by atoms with Gasteiger partial charge in [0.25, 0.3) is 0 Å². The summed E-state index contributed by atoms with van der Waals surface area (Å²) in [7, 11) is 0. The van der Waals surface area contributed by atoms with Crippen LogP contribution < -0.4 is 4.74 Å². The number of rotatable bonds is 3. The van der Waals surface area contributed by atoms with Crippen LogP contribution in [0.2, 0.25) is 0 Å². The number of halogens is 1. The fraction of sp³-hybridized carbons (Fsp3) is 0.0625. The van der Waals surface area contributed by atoms with Crippen LogP contribution in [0, 0.1) is 0 Å². The minimum absolute atomic E-state index is 0.541. The molecule has 0 radical (unpaired) electrons. The molecule has 0 saturated carbocycles. The highest BCUT2D eigenvalue weighted by Crippen LogP contribution is 2.22. The highest BCUT2D eigenvalue weighted by molar-refractivity contribution is 9.10. The molecular formula is C16H12BrNO. The third-order valence-corrected chi connectivity index (χ3v) is 3.70. The van der Waals surface area contributed by atoms with Gasteiger partial charge in [0.05, 0.1) is 5.52 Å². The van der Waals surface area contributed by atoms with Gasteiger partial charge < -0.3 is 4.74 Å². The molecule has 0 aliphatic heterocycles. The number of pyridine rings is 1. The van der Waals surface area contributed by atoms with E-state index in [4.69, 9.17) is 4.74 Å². The lowest BCUT2D eigenvalue weighted by atomic mass is 10.2. The van der Waals surface area contributed by atoms with Gasteiger partial charge in [-0.2, -0.15) is 0 Å². The van der Waals surface area contributed by atoms with Gasteiger partial charge in [-0.15, -0.1) is 0 Å². The molecule has 0 N–H and O–H groups in total. The van der Waals surface area contributed by atoms with Crippen molar-refractivity contribution < 1.29 is 4.74 Å². The molecule has 0 bridgehead atoms. The predicted molar refractivity (Wildman–Crippen MR) is 80.2 cm³/mol. The van der Waals surface area contributed by atoms with Crippen molar-refractivity contribution >= 4 is 26.8 Å². The Hall–Kier alpha value is -1.87. The van der Waals surface area contributed by atoms with E-state index in [9.17, 15) is 0 Å². The second kappa shape index (κ2) is 5.41. The van der Waals surface area contributed by atoms with Gasteiger partial charge in [-0.3, -0.25) is 4.98 Å². The van der Waals surface area contributed by atoms with Crippen LogP contribution in [-0.2, 0) is 6.61 Å². The standard InChI is InChI=1S/C16H12BrNO/c17-15-6-2-1-4-13(15)11-19-14-8-7-12-5-3-9-18-16(12)10-14/h1-10H,11H2. The number of benzene rings is 2. The van der Waals surface area contributed by atoms with E-state index in [1.807, 2.05) is 54.6 Å². The lowest BCUT2D eigenvalue weighted by molar-refractivity contribution is 0.306. The molecule has 0 atom stereocenters. The van der Waals surface area contributed by atoms with Crippen molar-refractivity contribution in [3.63, 3.8) is 0 Å². The predicted octanol–water partition coefficient (Wildman–Crippen LogP) is 4.58. The minimum atomic E-state index is 0.541. The van der Waals surface area contributed by atoms with Crippen molar-refractivity contribution in [1.29, 1.82) is 0 Å². The van der Waals surface area contributed by atoms with Crippen LogP contribution >= 0.6 is 15.9 Å². The fourth-order valence-electron chi connectivity index (χ4n) is 1.91. The number of nitrogens with zero attached hydrogens (tertiary/aromatic N) is 1. The molecule has 0 spiro atoms. The van der Waals surface area contributed by atoms with E-state index in [1.165, 1.54) is 0 Å². The zero-order chi connectivity index (χ0) is 13.1. The molecule has 0 aliphatic rings. The van der Waals surface area contributed by atoms with Crippen molar-refractivity contribution in [1.82, 2.24) is 4.98 Å². The normalized spacial score (nSPS) is 10.6. The maximum atomic E-state index is 5.81. The molecule has 3 heteroatoms. The quantitative estimate of drug-likeness (QED) is 0.706. The molecule has 2 nitrogen and oxygen atoms in total. The van der Waals surface area contributed by atoms with Gasteiger partial charge >= 0.3 is 0 Å². The van der Waals surface area contributed by atoms with Crippen LogP contribution in [0.1, 0.15) is 5.56 Å². The van der Waals surface area contributed by atoms with E-state index in [2.05, 4.69) is 20.9 Å². The van der Waals surface area contributed by atoms with E-state index in [1.54, 1.807) is 6.20 Å². The Morgan fingerprint density at radius 2 is 1.89 bits per heavy atom. The molecule has 2 aromatic carbocycles. The Labute approximate surface area is 120 Å². The minimum Gasteiger partial charge on any atom is -0.489 e. The molecule has 0 unspecified atom stereocenters. The summed E-state index contributed by atoms with van der Waals surface area (Å²) in [6, 6.07) is 18.0. The van der Waals surface area contributed by atoms with Crippen molar-refractivity contribution in [3.8, 4) is 5.75 Å². The first kappa shape index (κ1) is 12.2.